The zero-order valence-electron chi connectivity index (χ0n) is 9.95. The fourth-order valence-corrected chi connectivity index (χ4v) is 1.71. The van der Waals surface area contributed by atoms with E-state index < -0.39 is 29.0 Å². The van der Waals surface area contributed by atoms with Gasteiger partial charge in [-0.1, -0.05) is 13.8 Å². The molecule has 0 fully saturated rings. The van der Waals surface area contributed by atoms with Gasteiger partial charge in [0.15, 0.2) is 23.3 Å². The molecule has 0 aromatic heterocycles. The second-order valence-corrected chi connectivity index (χ2v) is 4.52. The van der Waals surface area contributed by atoms with Gasteiger partial charge in [0.25, 0.3) is 0 Å². The van der Waals surface area contributed by atoms with Gasteiger partial charge in [-0.3, -0.25) is 0 Å². The summed E-state index contributed by atoms with van der Waals surface area (Å²) in [6, 6.07) is -0.0802. The molecule has 0 radical (unpaired) electrons. The lowest BCUT2D eigenvalue weighted by molar-refractivity contribution is 0.453. The molecular formula is C12H15F4N. The van der Waals surface area contributed by atoms with Gasteiger partial charge in [-0.25, -0.2) is 17.6 Å². The van der Waals surface area contributed by atoms with Crippen LogP contribution in [0.3, 0.4) is 0 Å². The van der Waals surface area contributed by atoms with E-state index in [1.807, 2.05) is 13.8 Å². The first-order chi connectivity index (χ1) is 7.82. The molecule has 0 amide bonds. The molecule has 96 valence electrons. The molecule has 1 N–H and O–H groups in total. The first kappa shape index (κ1) is 13.8. The van der Waals surface area contributed by atoms with Crippen LogP contribution in [0.15, 0.2) is 6.07 Å². The highest BCUT2D eigenvalue weighted by Crippen LogP contribution is 2.25. The number of hydrogen-bond acceptors (Lipinski definition) is 1. The molecule has 1 aromatic carbocycles. The van der Waals surface area contributed by atoms with E-state index in [0.29, 0.717) is 12.3 Å². The van der Waals surface area contributed by atoms with Crippen molar-refractivity contribution < 1.29 is 17.6 Å². The molecule has 0 aliphatic heterocycles. The maximum Gasteiger partial charge on any atom is 0.185 e. The number of anilines is 1. The Hall–Kier alpha value is -1.26. The van der Waals surface area contributed by atoms with Crippen LogP contribution in [0, 0.1) is 29.2 Å². The smallest absolute Gasteiger partial charge is 0.185 e. The highest BCUT2D eigenvalue weighted by atomic mass is 19.2. The fraction of sp³-hybridized carbons (Fsp3) is 0.500. The van der Waals surface area contributed by atoms with Crippen LogP contribution in [0.2, 0.25) is 0 Å². The molecule has 0 saturated carbocycles. The van der Waals surface area contributed by atoms with E-state index in [-0.39, 0.29) is 12.1 Å². The van der Waals surface area contributed by atoms with Gasteiger partial charge in [0.1, 0.15) is 5.69 Å². The minimum absolute atomic E-state index is 0.197. The summed E-state index contributed by atoms with van der Waals surface area (Å²) in [5.41, 5.74) is -0.740. The molecule has 0 saturated heterocycles. The molecule has 1 aromatic rings. The lowest BCUT2D eigenvalue weighted by Crippen LogP contribution is -2.20. The number of rotatable bonds is 4. The zero-order valence-corrected chi connectivity index (χ0v) is 9.95. The maximum absolute atomic E-state index is 13.3. The summed E-state index contributed by atoms with van der Waals surface area (Å²) >= 11 is 0. The number of hydrogen-bond donors (Lipinski definition) is 1. The third kappa shape index (κ3) is 3.35. The summed E-state index contributed by atoms with van der Waals surface area (Å²) in [7, 11) is 0. The molecule has 0 aliphatic rings. The lowest BCUT2D eigenvalue weighted by Gasteiger charge is -2.18. The first-order valence-electron chi connectivity index (χ1n) is 5.42. The third-order valence-electron chi connectivity index (χ3n) is 2.33. The van der Waals surface area contributed by atoms with Crippen LogP contribution < -0.4 is 5.32 Å². The van der Waals surface area contributed by atoms with Gasteiger partial charge >= 0.3 is 0 Å². The largest absolute Gasteiger partial charge is 0.378 e. The van der Waals surface area contributed by atoms with Gasteiger partial charge in [-0.05, 0) is 19.3 Å². The maximum atomic E-state index is 13.3. The van der Waals surface area contributed by atoms with Gasteiger partial charge in [0, 0.05) is 12.1 Å². The van der Waals surface area contributed by atoms with E-state index in [2.05, 4.69) is 5.32 Å². The quantitative estimate of drug-likeness (QED) is 0.626. The minimum atomic E-state index is -1.40. The van der Waals surface area contributed by atoms with Crippen LogP contribution in [-0.4, -0.2) is 6.04 Å². The van der Waals surface area contributed by atoms with Crippen molar-refractivity contribution in [3.05, 3.63) is 29.3 Å². The Bertz CT molecular complexity index is 378. The van der Waals surface area contributed by atoms with E-state index in [4.69, 9.17) is 0 Å². The lowest BCUT2D eigenvalue weighted by atomic mass is 10.0. The molecule has 1 nitrogen and oxygen atoms in total. The Labute approximate surface area is 97.8 Å². The van der Waals surface area contributed by atoms with E-state index in [9.17, 15) is 17.6 Å². The van der Waals surface area contributed by atoms with Crippen molar-refractivity contribution in [2.24, 2.45) is 5.92 Å². The predicted molar refractivity (Wildman–Crippen MR) is 58.8 cm³/mol. The van der Waals surface area contributed by atoms with E-state index in [0.717, 1.165) is 0 Å². The first-order valence-corrected chi connectivity index (χ1v) is 5.42. The number of halogens is 4. The molecule has 17 heavy (non-hydrogen) atoms. The Morgan fingerprint density at radius 2 is 1.47 bits per heavy atom. The van der Waals surface area contributed by atoms with Crippen molar-refractivity contribution in [2.75, 3.05) is 5.32 Å². The predicted octanol–water partition coefficient (Wildman–Crippen LogP) is 4.09. The minimum Gasteiger partial charge on any atom is -0.378 e. The highest BCUT2D eigenvalue weighted by molar-refractivity contribution is 5.47. The van der Waals surface area contributed by atoms with Crippen LogP contribution in [0.1, 0.15) is 27.2 Å². The average Bonchev–Trinajstić information content (AvgIpc) is 2.20. The van der Waals surface area contributed by atoms with Gasteiger partial charge in [0.05, 0.1) is 0 Å². The summed E-state index contributed by atoms with van der Waals surface area (Å²) in [4.78, 5) is 0. The van der Waals surface area contributed by atoms with Crippen LogP contribution >= 0.6 is 0 Å². The van der Waals surface area contributed by atoms with Gasteiger partial charge < -0.3 is 5.32 Å². The molecule has 1 rings (SSSR count). The molecule has 1 unspecified atom stereocenters. The Kier molecular flexibility index (Phi) is 4.37. The van der Waals surface area contributed by atoms with Crippen LogP contribution in [-0.2, 0) is 0 Å². The summed E-state index contributed by atoms with van der Waals surface area (Å²) < 4.78 is 52.4. The van der Waals surface area contributed by atoms with Crippen LogP contribution in [0.4, 0.5) is 23.2 Å². The average molecular weight is 249 g/mol. The molecule has 0 heterocycles. The van der Waals surface area contributed by atoms with Crippen molar-refractivity contribution in [3.63, 3.8) is 0 Å². The summed E-state index contributed by atoms with van der Waals surface area (Å²) in [5.74, 6) is -5.27. The molecular weight excluding hydrogens is 234 g/mol. The van der Waals surface area contributed by atoms with Crippen molar-refractivity contribution in [3.8, 4) is 0 Å². The SMILES string of the molecule is CC(C)CC(C)Nc1c(F)c(F)cc(F)c1F. The Balaban J connectivity index is 2.97. The van der Waals surface area contributed by atoms with E-state index >= 15 is 0 Å². The second-order valence-electron chi connectivity index (χ2n) is 4.52. The monoisotopic (exact) mass is 249 g/mol. The highest BCUT2D eigenvalue weighted by Gasteiger charge is 2.20. The third-order valence-corrected chi connectivity index (χ3v) is 2.33. The van der Waals surface area contributed by atoms with Crippen molar-refractivity contribution in [1.29, 1.82) is 0 Å². The Morgan fingerprint density at radius 1 is 1.00 bits per heavy atom. The Morgan fingerprint density at radius 3 is 1.88 bits per heavy atom. The summed E-state index contributed by atoms with van der Waals surface area (Å²) in [6.45, 7) is 5.58. The van der Waals surface area contributed by atoms with Gasteiger partial charge in [0.2, 0.25) is 0 Å². The number of nitrogens with one attached hydrogen (secondary N) is 1. The van der Waals surface area contributed by atoms with E-state index in [1.165, 1.54) is 0 Å². The summed E-state index contributed by atoms with van der Waals surface area (Å²) in [6.07, 6.45) is 0.636. The van der Waals surface area contributed by atoms with Crippen molar-refractivity contribution >= 4 is 5.69 Å². The molecule has 0 spiro atoms. The topological polar surface area (TPSA) is 12.0 Å². The number of benzene rings is 1. The summed E-state index contributed by atoms with van der Waals surface area (Å²) in [5, 5.41) is 2.46. The normalized spacial score (nSPS) is 12.9. The molecule has 1 atom stereocenters. The van der Waals surface area contributed by atoms with Gasteiger partial charge in [-0.2, -0.15) is 0 Å². The van der Waals surface area contributed by atoms with Crippen LogP contribution in [0.25, 0.3) is 0 Å². The zero-order chi connectivity index (χ0) is 13.2. The van der Waals surface area contributed by atoms with E-state index in [1.54, 1.807) is 6.92 Å². The second kappa shape index (κ2) is 5.38. The molecule has 0 aliphatic carbocycles. The van der Waals surface area contributed by atoms with Crippen LogP contribution in [0.5, 0.6) is 0 Å². The van der Waals surface area contributed by atoms with Crippen molar-refractivity contribution in [1.82, 2.24) is 0 Å². The van der Waals surface area contributed by atoms with Crippen molar-refractivity contribution in [2.45, 2.75) is 33.2 Å². The van der Waals surface area contributed by atoms with Gasteiger partial charge in [-0.15, -0.1) is 0 Å². The molecule has 0 bridgehead atoms. The fourth-order valence-electron chi connectivity index (χ4n) is 1.71. The molecule has 5 heteroatoms. The standard InChI is InChI=1S/C12H15F4N/c1-6(2)4-7(3)17-12-10(15)8(13)5-9(14)11(12)16/h5-7,17H,4H2,1-3H3.